The van der Waals surface area contributed by atoms with Crippen molar-refractivity contribution in [3.63, 3.8) is 0 Å². The molecule has 2 aromatic carbocycles. The van der Waals surface area contributed by atoms with Gasteiger partial charge in [-0.25, -0.2) is 10.2 Å². The molecule has 0 bridgehead atoms. The smallest absolute Gasteiger partial charge is 0.343 e. The number of ether oxygens (including phenoxy) is 3. The lowest BCUT2D eigenvalue weighted by atomic mass is 10.1. The number of nitrogens with zero attached hydrogens (tertiary/aromatic N) is 2. The van der Waals surface area contributed by atoms with E-state index in [1.807, 2.05) is 12.1 Å². The van der Waals surface area contributed by atoms with E-state index in [4.69, 9.17) is 9.47 Å². The Morgan fingerprint density at radius 1 is 1.17 bits per heavy atom. The lowest BCUT2D eigenvalue weighted by Crippen LogP contribution is -2.35. The Balaban J connectivity index is 1.50. The molecular formula is C22H25N3O5. The summed E-state index contributed by atoms with van der Waals surface area (Å²) in [6, 6.07) is 14.5. The van der Waals surface area contributed by atoms with Crippen LogP contribution in [0.3, 0.4) is 0 Å². The second kappa shape index (κ2) is 11.1. The number of benzene rings is 2. The topological polar surface area (TPSA) is 89.5 Å². The lowest BCUT2D eigenvalue weighted by molar-refractivity contribution is -0.142. The van der Waals surface area contributed by atoms with Gasteiger partial charge in [-0.1, -0.05) is 24.3 Å². The fourth-order valence-corrected chi connectivity index (χ4v) is 2.89. The molecule has 8 heteroatoms. The number of esters is 1. The summed E-state index contributed by atoms with van der Waals surface area (Å²) in [5.74, 6) is -0.244. The highest BCUT2D eigenvalue weighted by Gasteiger charge is 2.11. The van der Waals surface area contributed by atoms with Crippen LogP contribution in [0.1, 0.15) is 21.5 Å². The van der Waals surface area contributed by atoms with Gasteiger partial charge in [0.15, 0.2) is 6.61 Å². The van der Waals surface area contributed by atoms with E-state index < -0.39 is 5.97 Å². The second-order valence-corrected chi connectivity index (χ2v) is 6.72. The molecule has 8 nitrogen and oxygen atoms in total. The standard InChI is InChI=1S/C22H25N3O5/c1-28-21(26)16-30-20-4-2-3-18(13-20)14-23-24-22(27)19-7-5-17(6-8-19)15-25-9-11-29-12-10-25/h2-8,13-14H,9-12,15-16H2,1H3,(H,24,27)/b23-14-. The minimum absolute atomic E-state index is 0.171. The summed E-state index contributed by atoms with van der Waals surface area (Å²) >= 11 is 0. The van der Waals surface area contributed by atoms with Crippen molar-refractivity contribution in [3.05, 3.63) is 65.2 Å². The number of rotatable bonds is 8. The van der Waals surface area contributed by atoms with Crippen LogP contribution in [-0.2, 0) is 20.8 Å². The quantitative estimate of drug-likeness (QED) is 0.405. The average molecular weight is 411 g/mol. The third-order valence-corrected chi connectivity index (χ3v) is 4.55. The van der Waals surface area contributed by atoms with Gasteiger partial charge in [-0.15, -0.1) is 0 Å². The average Bonchev–Trinajstić information content (AvgIpc) is 2.79. The van der Waals surface area contributed by atoms with E-state index in [1.165, 1.54) is 13.3 Å². The molecule has 0 radical (unpaired) electrons. The number of hydrogen-bond donors (Lipinski definition) is 1. The molecule has 0 aliphatic carbocycles. The number of hydrazone groups is 1. The first-order valence-electron chi connectivity index (χ1n) is 9.66. The maximum absolute atomic E-state index is 12.3. The SMILES string of the molecule is COC(=O)COc1cccc(/C=N\NC(=O)c2ccc(CN3CCOCC3)cc2)c1. The van der Waals surface area contributed by atoms with E-state index in [0.29, 0.717) is 11.3 Å². The molecule has 3 rings (SSSR count). The van der Waals surface area contributed by atoms with Crippen LogP contribution < -0.4 is 10.2 Å². The van der Waals surface area contributed by atoms with Crippen molar-refractivity contribution in [2.45, 2.75) is 6.54 Å². The summed E-state index contributed by atoms with van der Waals surface area (Å²) in [6.07, 6.45) is 1.51. The molecule has 1 aliphatic rings. The van der Waals surface area contributed by atoms with Crippen molar-refractivity contribution >= 4 is 18.1 Å². The number of methoxy groups -OCH3 is 1. The molecule has 0 unspecified atom stereocenters. The molecule has 1 N–H and O–H groups in total. The molecule has 158 valence electrons. The largest absolute Gasteiger partial charge is 0.482 e. The highest BCUT2D eigenvalue weighted by atomic mass is 16.6. The molecule has 0 aromatic heterocycles. The summed E-state index contributed by atoms with van der Waals surface area (Å²) < 4.78 is 15.2. The minimum Gasteiger partial charge on any atom is -0.482 e. The van der Waals surface area contributed by atoms with Gasteiger partial charge in [-0.2, -0.15) is 5.10 Å². The molecule has 0 spiro atoms. The molecule has 0 saturated carbocycles. The first-order valence-corrected chi connectivity index (χ1v) is 9.66. The third-order valence-electron chi connectivity index (χ3n) is 4.55. The Hall–Kier alpha value is -3.23. The van der Waals surface area contributed by atoms with Gasteiger partial charge in [-0.3, -0.25) is 9.69 Å². The molecule has 1 amide bonds. The number of nitrogens with one attached hydrogen (secondary N) is 1. The van der Waals surface area contributed by atoms with Crippen LogP contribution in [-0.4, -0.2) is 63.0 Å². The number of carbonyl (C=O) groups is 2. The van der Waals surface area contributed by atoms with Crippen LogP contribution in [0.25, 0.3) is 0 Å². The predicted molar refractivity (Wildman–Crippen MR) is 112 cm³/mol. The van der Waals surface area contributed by atoms with Crippen molar-refractivity contribution in [2.24, 2.45) is 5.10 Å². The molecular weight excluding hydrogens is 386 g/mol. The first kappa shape index (κ1) is 21.5. The molecule has 2 aromatic rings. The minimum atomic E-state index is -0.461. The number of amides is 1. The van der Waals surface area contributed by atoms with Gasteiger partial charge in [0.05, 0.1) is 26.5 Å². The van der Waals surface area contributed by atoms with Gasteiger partial charge in [0.1, 0.15) is 5.75 Å². The van der Waals surface area contributed by atoms with E-state index in [-0.39, 0.29) is 12.5 Å². The second-order valence-electron chi connectivity index (χ2n) is 6.72. The van der Waals surface area contributed by atoms with E-state index in [2.05, 4.69) is 20.2 Å². The zero-order valence-corrected chi connectivity index (χ0v) is 16.9. The number of carbonyl (C=O) groups excluding carboxylic acids is 2. The highest BCUT2D eigenvalue weighted by molar-refractivity contribution is 5.94. The van der Waals surface area contributed by atoms with Gasteiger partial charge in [-0.05, 0) is 35.4 Å². The summed E-state index contributed by atoms with van der Waals surface area (Å²) in [4.78, 5) is 25.8. The zero-order chi connectivity index (χ0) is 21.2. The third kappa shape index (κ3) is 6.68. The Bertz CT molecular complexity index is 877. The van der Waals surface area contributed by atoms with Crippen molar-refractivity contribution in [1.82, 2.24) is 10.3 Å². The molecule has 1 fully saturated rings. The zero-order valence-electron chi connectivity index (χ0n) is 16.9. The van der Waals surface area contributed by atoms with Gasteiger partial charge < -0.3 is 14.2 Å². The van der Waals surface area contributed by atoms with Gasteiger partial charge >= 0.3 is 5.97 Å². The fourth-order valence-electron chi connectivity index (χ4n) is 2.89. The highest BCUT2D eigenvalue weighted by Crippen LogP contribution is 2.12. The molecule has 0 atom stereocenters. The van der Waals surface area contributed by atoms with E-state index in [9.17, 15) is 9.59 Å². The molecule has 1 heterocycles. The van der Waals surface area contributed by atoms with Gasteiger partial charge in [0, 0.05) is 25.2 Å². The van der Waals surface area contributed by atoms with Crippen molar-refractivity contribution in [2.75, 3.05) is 40.0 Å². The van der Waals surface area contributed by atoms with Crippen LogP contribution in [0.2, 0.25) is 0 Å². The summed E-state index contributed by atoms with van der Waals surface area (Å²) in [7, 11) is 1.30. The predicted octanol–water partition coefficient (Wildman–Crippen LogP) is 1.83. The molecule has 1 saturated heterocycles. The van der Waals surface area contributed by atoms with Crippen molar-refractivity contribution < 1.29 is 23.8 Å². The van der Waals surface area contributed by atoms with Crippen LogP contribution in [0.4, 0.5) is 0 Å². The van der Waals surface area contributed by atoms with Crippen molar-refractivity contribution in [1.29, 1.82) is 0 Å². The monoisotopic (exact) mass is 411 g/mol. The summed E-state index contributed by atoms with van der Waals surface area (Å²) in [5.41, 5.74) is 4.93. The lowest BCUT2D eigenvalue weighted by Gasteiger charge is -2.26. The van der Waals surface area contributed by atoms with Gasteiger partial charge in [0.25, 0.3) is 5.91 Å². The van der Waals surface area contributed by atoms with Crippen LogP contribution in [0.5, 0.6) is 5.75 Å². The number of morpholine rings is 1. The van der Waals surface area contributed by atoms with Crippen molar-refractivity contribution in [3.8, 4) is 5.75 Å². The molecule has 1 aliphatic heterocycles. The van der Waals surface area contributed by atoms with Gasteiger partial charge in [0.2, 0.25) is 0 Å². The van der Waals surface area contributed by atoms with E-state index in [0.717, 1.165) is 44.0 Å². The fraction of sp³-hybridized carbons (Fsp3) is 0.318. The normalized spacial score (nSPS) is 14.4. The summed E-state index contributed by atoms with van der Waals surface area (Å²) in [6.45, 7) is 4.04. The Morgan fingerprint density at radius 2 is 1.93 bits per heavy atom. The Labute approximate surface area is 175 Å². The summed E-state index contributed by atoms with van der Waals surface area (Å²) in [5, 5.41) is 3.99. The maximum Gasteiger partial charge on any atom is 0.343 e. The van der Waals surface area contributed by atoms with Crippen LogP contribution >= 0.6 is 0 Å². The van der Waals surface area contributed by atoms with E-state index in [1.54, 1.807) is 36.4 Å². The number of hydrogen-bond acceptors (Lipinski definition) is 7. The Morgan fingerprint density at radius 3 is 2.67 bits per heavy atom. The van der Waals surface area contributed by atoms with Crippen LogP contribution in [0, 0.1) is 0 Å². The molecule has 30 heavy (non-hydrogen) atoms. The first-order chi connectivity index (χ1) is 14.6. The van der Waals surface area contributed by atoms with Crippen LogP contribution in [0.15, 0.2) is 53.6 Å². The maximum atomic E-state index is 12.3. The Kier molecular flexibility index (Phi) is 7.94. The van der Waals surface area contributed by atoms with E-state index >= 15 is 0 Å².